The quantitative estimate of drug-likeness (QED) is 0.285. The molecule has 0 radical (unpaired) electrons. The fourth-order valence-electron chi connectivity index (χ4n) is 2.16. The van der Waals surface area contributed by atoms with Crippen molar-refractivity contribution in [3.63, 3.8) is 0 Å². The molecule has 1 heterocycles. The van der Waals surface area contributed by atoms with Crippen LogP contribution in [-0.2, 0) is 13.1 Å². The summed E-state index contributed by atoms with van der Waals surface area (Å²) in [5.74, 6) is 1.69. The van der Waals surface area contributed by atoms with E-state index in [1.165, 1.54) is 0 Å². The SMILES string of the molecule is CCNC(=NCc1cccc(OC)c1)NCCCn1cccn1.I. The van der Waals surface area contributed by atoms with Gasteiger partial charge in [-0.25, -0.2) is 4.99 Å². The predicted octanol–water partition coefficient (Wildman–Crippen LogP) is 2.66. The second-order valence-corrected chi connectivity index (χ2v) is 5.10. The average Bonchev–Trinajstić information content (AvgIpc) is 3.10. The maximum Gasteiger partial charge on any atom is 0.191 e. The molecule has 7 heteroatoms. The number of ether oxygens (including phenoxy) is 1. The lowest BCUT2D eigenvalue weighted by atomic mass is 10.2. The summed E-state index contributed by atoms with van der Waals surface area (Å²) in [6.45, 7) is 5.26. The van der Waals surface area contributed by atoms with Gasteiger partial charge in [0.2, 0.25) is 0 Å². The number of hydrogen-bond acceptors (Lipinski definition) is 3. The van der Waals surface area contributed by atoms with Crippen LogP contribution in [0.1, 0.15) is 18.9 Å². The van der Waals surface area contributed by atoms with Gasteiger partial charge in [0.15, 0.2) is 5.96 Å². The monoisotopic (exact) mass is 443 g/mol. The van der Waals surface area contributed by atoms with Crippen molar-refractivity contribution in [2.24, 2.45) is 4.99 Å². The third-order valence-corrected chi connectivity index (χ3v) is 3.31. The van der Waals surface area contributed by atoms with Gasteiger partial charge in [-0.05, 0) is 37.1 Å². The zero-order valence-corrected chi connectivity index (χ0v) is 16.6. The standard InChI is InChI=1S/C17H25N5O.HI/c1-3-18-17(19-9-5-11-22-12-6-10-21-22)20-14-15-7-4-8-16(13-15)23-2;/h4,6-8,10,12-13H,3,5,9,11,14H2,1-2H3,(H2,18,19,20);1H. The fraction of sp³-hybridized carbons (Fsp3) is 0.412. The van der Waals surface area contributed by atoms with Crippen molar-refractivity contribution in [1.82, 2.24) is 20.4 Å². The molecule has 0 fully saturated rings. The van der Waals surface area contributed by atoms with Crippen LogP contribution in [0.5, 0.6) is 5.75 Å². The minimum Gasteiger partial charge on any atom is -0.497 e. The number of aryl methyl sites for hydroxylation is 1. The molecule has 0 saturated heterocycles. The van der Waals surface area contributed by atoms with Crippen LogP contribution in [0.4, 0.5) is 0 Å². The van der Waals surface area contributed by atoms with Crippen LogP contribution >= 0.6 is 24.0 Å². The first-order valence-electron chi connectivity index (χ1n) is 7.94. The predicted molar refractivity (Wildman–Crippen MR) is 108 cm³/mol. The average molecular weight is 443 g/mol. The summed E-state index contributed by atoms with van der Waals surface area (Å²) >= 11 is 0. The van der Waals surface area contributed by atoms with Crippen LogP contribution in [0.2, 0.25) is 0 Å². The Hall–Kier alpha value is -1.77. The van der Waals surface area contributed by atoms with Crippen molar-refractivity contribution in [3.8, 4) is 5.75 Å². The van der Waals surface area contributed by atoms with Crippen molar-refractivity contribution in [2.45, 2.75) is 26.4 Å². The molecular formula is C17H26IN5O. The Bertz CT molecular complexity index is 601. The Morgan fingerprint density at radius 3 is 2.88 bits per heavy atom. The van der Waals surface area contributed by atoms with E-state index in [2.05, 4.69) is 27.6 Å². The zero-order valence-electron chi connectivity index (χ0n) is 14.2. The molecule has 132 valence electrons. The van der Waals surface area contributed by atoms with Gasteiger partial charge >= 0.3 is 0 Å². The summed E-state index contributed by atoms with van der Waals surface area (Å²) in [5.41, 5.74) is 1.12. The highest BCUT2D eigenvalue weighted by atomic mass is 127. The van der Waals surface area contributed by atoms with E-state index in [0.29, 0.717) is 6.54 Å². The summed E-state index contributed by atoms with van der Waals surface area (Å²) < 4.78 is 7.17. The molecule has 1 aromatic carbocycles. The third-order valence-electron chi connectivity index (χ3n) is 3.31. The van der Waals surface area contributed by atoms with Gasteiger partial charge in [-0.1, -0.05) is 12.1 Å². The molecule has 0 atom stereocenters. The molecule has 0 saturated carbocycles. The maximum atomic E-state index is 5.24. The van der Waals surface area contributed by atoms with E-state index in [-0.39, 0.29) is 24.0 Å². The van der Waals surface area contributed by atoms with Crippen LogP contribution in [0.25, 0.3) is 0 Å². The molecule has 0 spiro atoms. The largest absolute Gasteiger partial charge is 0.497 e. The topological polar surface area (TPSA) is 63.5 Å². The van der Waals surface area contributed by atoms with Crippen LogP contribution in [0.15, 0.2) is 47.7 Å². The normalized spacial score (nSPS) is 10.8. The van der Waals surface area contributed by atoms with Gasteiger partial charge in [0.1, 0.15) is 5.75 Å². The minimum absolute atomic E-state index is 0. The number of hydrogen-bond donors (Lipinski definition) is 2. The first-order valence-corrected chi connectivity index (χ1v) is 7.94. The molecule has 0 aliphatic heterocycles. The number of nitrogens with zero attached hydrogens (tertiary/aromatic N) is 3. The Labute approximate surface area is 160 Å². The number of aliphatic imine (C=N–C) groups is 1. The van der Waals surface area contributed by atoms with Gasteiger partial charge in [-0.15, -0.1) is 24.0 Å². The fourth-order valence-corrected chi connectivity index (χ4v) is 2.16. The number of aromatic nitrogens is 2. The second-order valence-electron chi connectivity index (χ2n) is 5.10. The van der Waals surface area contributed by atoms with E-state index in [0.717, 1.165) is 43.3 Å². The van der Waals surface area contributed by atoms with E-state index >= 15 is 0 Å². The number of guanidine groups is 1. The van der Waals surface area contributed by atoms with Crippen molar-refractivity contribution in [3.05, 3.63) is 48.3 Å². The van der Waals surface area contributed by atoms with Crippen molar-refractivity contribution >= 4 is 29.9 Å². The van der Waals surface area contributed by atoms with Gasteiger partial charge < -0.3 is 15.4 Å². The van der Waals surface area contributed by atoms with Crippen LogP contribution in [0.3, 0.4) is 0 Å². The lowest BCUT2D eigenvalue weighted by molar-refractivity contribution is 0.414. The van der Waals surface area contributed by atoms with Gasteiger partial charge in [0, 0.05) is 32.0 Å². The van der Waals surface area contributed by atoms with Gasteiger partial charge in [0.25, 0.3) is 0 Å². The Balaban J connectivity index is 0.00000288. The molecule has 0 aliphatic rings. The van der Waals surface area contributed by atoms with E-state index in [1.54, 1.807) is 13.3 Å². The molecule has 0 bridgehead atoms. The number of benzene rings is 1. The molecule has 24 heavy (non-hydrogen) atoms. The first-order chi connectivity index (χ1) is 11.3. The molecule has 0 amide bonds. The van der Waals surface area contributed by atoms with Gasteiger partial charge in [-0.2, -0.15) is 5.10 Å². The van der Waals surface area contributed by atoms with Crippen LogP contribution in [0, 0.1) is 0 Å². The zero-order chi connectivity index (χ0) is 16.3. The number of methoxy groups -OCH3 is 1. The number of nitrogens with one attached hydrogen (secondary N) is 2. The molecule has 2 N–H and O–H groups in total. The Morgan fingerprint density at radius 1 is 1.29 bits per heavy atom. The highest BCUT2D eigenvalue weighted by molar-refractivity contribution is 14.0. The summed E-state index contributed by atoms with van der Waals surface area (Å²) in [5, 5.41) is 10.8. The lowest BCUT2D eigenvalue weighted by Gasteiger charge is -2.11. The minimum atomic E-state index is 0. The molecule has 6 nitrogen and oxygen atoms in total. The summed E-state index contributed by atoms with van der Waals surface area (Å²) in [7, 11) is 1.67. The van der Waals surface area contributed by atoms with Gasteiger partial charge in [-0.3, -0.25) is 4.68 Å². The lowest BCUT2D eigenvalue weighted by Crippen LogP contribution is -2.38. The van der Waals surface area contributed by atoms with Crippen LogP contribution < -0.4 is 15.4 Å². The van der Waals surface area contributed by atoms with Crippen molar-refractivity contribution in [1.29, 1.82) is 0 Å². The summed E-state index contributed by atoms with van der Waals surface area (Å²) in [6.07, 6.45) is 4.76. The molecule has 0 unspecified atom stereocenters. The first kappa shape index (κ1) is 20.3. The van der Waals surface area contributed by atoms with E-state index in [1.807, 2.05) is 41.2 Å². The smallest absolute Gasteiger partial charge is 0.191 e. The van der Waals surface area contributed by atoms with E-state index in [9.17, 15) is 0 Å². The highest BCUT2D eigenvalue weighted by Crippen LogP contribution is 2.13. The summed E-state index contributed by atoms with van der Waals surface area (Å²) in [6, 6.07) is 9.91. The van der Waals surface area contributed by atoms with Crippen molar-refractivity contribution < 1.29 is 4.74 Å². The molecular weight excluding hydrogens is 417 g/mol. The summed E-state index contributed by atoms with van der Waals surface area (Å²) in [4.78, 5) is 4.61. The molecule has 1 aromatic heterocycles. The van der Waals surface area contributed by atoms with Gasteiger partial charge in [0.05, 0.1) is 13.7 Å². The van der Waals surface area contributed by atoms with Crippen LogP contribution in [-0.4, -0.2) is 35.9 Å². The number of rotatable bonds is 8. The number of halogens is 1. The highest BCUT2D eigenvalue weighted by Gasteiger charge is 1.99. The van der Waals surface area contributed by atoms with E-state index in [4.69, 9.17) is 4.74 Å². The molecule has 2 aromatic rings. The molecule has 2 rings (SSSR count). The second kappa shape index (κ2) is 11.7. The molecule has 0 aliphatic carbocycles. The van der Waals surface area contributed by atoms with Crippen molar-refractivity contribution in [2.75, 3.05) is 20.2 Å². The third kappa shape index (κ3) is 7.20. The van der Waals surface area contributed by atoms with E-state index < -0.39 is 0 Å². The Kier molecular flexibility index (Phi) is 9.90. The Morgan fingerprint density at radius 2 is 2.17 bits per heavy atom. The maximum absolute atomic E-state index is 5.24.